The van der Waals surface area contributed by atoms with E-state index in [9.17, 15) is 9.59 Å². The van der Waals surface area contributed by atoms with Crippen LogP contribution >= 0.6 is 0 Å². The van der Waals surface area contributed by atoms with Gasteiger partial charge in [-0.15, -0.1) is 0 Å². The van der Waals surface area contributed by atoms with Gasteiger partial charge < -0.3 is 4.90 Å². The molecule has 0 aliphatic carbocycles. The molecule has 3 aromatic rings. The summed E-state index contributed by atoms with van der Waals surface area (Å²) in [6.07, 6.45) is 3.92. The lowest BCUT2D eigenvalue weighted by atomic mass is 9.99. The fourth-order valence-corrected chi connectivity index (χ4v) is 3.86. The van der Waals surface area contributed by atoms with Gasteiger partial charge in [0, 0.05) is 37.2 Å². The number of hydrogen-bond acceptors (Lipinski definition) is 4. The Morgan fingerprint density at radius 1 is 0.933 bits per heavy atom. The molecule has 0 N–H and O–H groups in total. The SMILES string of the molecule is Cc1c(CCc2cccc(-c3ccccc3)c2)ncnc1C(=O)N1CCC(=O)CC1. The van der Waals surface area contributed by atoms with E-state index >= 15 is 0 Å². The molecule has 2 heterocycles. The van der Waals surface area contributed by atoms with Crippen LogP contribution in [0.1, 0.15) is 40.2 Å². The van der Waals surface area contributed by atoms with Crippen LogP contribution in [0.15, 0.2) is 60.9 Å². The molecule has 0 radical (unpaired) electrons. The number of nitrogens with zero attached hydrogens (tertiary/aromatic N) is 3. The van der Waals surface area contributed by atoms with E-state index in [4.69, 9.17) is 0 Å². The lowest BCUT2D eigenvalue weighted by Gasteiger charge is -2.26. The Balaban J connectivity index is 1.48. The number of carbonyl (C=O) groups excluding carboxylic acids is 2. The average molecular weight is 399 g/mol. The van der Waals surface area contributed by atoms with Gasteiger partial charge in [-0.25, -0.2) is 9.97 Å². The molecule has 4 rings (SSSR count). The maximum absolute atomic E-state index is 12.9. The van der Waals surface area contributed by atoms with Gasteiger partial charge in [0.05, 0.1) is 0 Å². The molecule has 1 aliphatic heterocycles. The van der Waals surface area contributed by atoms with E-state index in [-0.39, 0.29) is 11.7 Å². The zero-order valence-corrected chi connectivity index (χ0v) is 17.2. The largest absolute Gasteiger partial charge is 0.336 e. The highest BCUT2D eigenvalue weighted by Gasteiger charge is 2.24. The third kappa shape index (κ3) is 4.46. The number of rotatable bonds is 5. The number of amides is 1. The molecule has 30 heavy (non-hydrogen) atoms. The van der Waals surface area contributed by atoms with Gasteiger partial charge in [-0.1, -0.05) is 54.6 Å². The van der Waals surface area contributed by atoms with Gasteiger partial charge in [0.25, 0.3) is 5.91 Å². The second-order valence-electron chi connectivity index (χ2n) is 7.69. The molecule has 1 amide bonds. The van der Waals surface area contributed by atoms with Gasteiger partial charge in [-0.3, -0.25) is 9.59 Å². The summed E-state index contributed by atoms with van der Waals surface area (Å²) in [4.78, 5) is 34.8. The van der Waals surface area contributed by atoms with E-state index in [0.29, 0.717) is 31.6 Å². The Bertz CT molecular complexity index is 1050. The highest BCUT2D eigenvalue weighted by atomic mass is 16.2. The van der Waals surface area contributed by atoms with Gasteiger partial charge in [-0.05, 0) is 36.5 Å². The highest BCUT2D eigenvalue weighted by Crippen LogP contribution is 2.21. The number of likely N-dealkylation sites (tertiary alicyclic amines) is 1. The lowest BCUT2D eigenvalue weighted by Crippen LogP contribution is -2.39. The zero-order valence-electron chi connectivity index (χ0n) is 17.2. The van der Waals surface area contributed by atoms with Crippen LogP contribution in [0.2, 0.25) is 0 Å². The van der Waals surface area contributed by atoms with Crippen molar-refractivity contribution in [1.29, 1.82) is 0 Å². The number of carbonyl (C=O) groups is 2. The molecule has 5 heteroatoms. The molecule has 152 valence electrons. The van der Waals surface area contributed by atoms with E-state index in [1.165, 1.54) is 23.0 Å². The maximum atomic E-state index is 12.9. The van der Waals surface area contributed by atoms with Crippen LogP contribution in [0.5, 0.6) is 0 Å². The maximum Gasteiger partial charge on any atom is 0.272 e. The second-order valence-corrected chi connectivity index (χ2v) is 7.69. The van der Waals surface area contributed by atoms with Crippen molar-refractivity contribution in [3.63, 3.8) is 0 Å². The third-order valence-electron chi connectivity index (χ3n) is 5.68. The van der Waals surface area contributed by atoms with E-state index in [1.54, 1.807) is 4.90 Å². The summed E-state index contributed by atoms with van der Waals surface area (Å²) in [5.41, 5.74) is 5.81. The highest BCUT2D eigenvalue weighted by molar-refractivity contribution is 5.95. The summed E-state index contributed by atoms with van der Waals surface area (Å²) in [6.45, 7) is 2.86. The minimum absolute atomic E-state index is 0.102. The number of aryl methyl sites for hydroxylation is 2. The molecule has 1 aromatic heterocycles. The van der Waals surface area contributed by atoms with Gasteiger partial charge in [0.1, 0.15) is 17.8 Å². The number of hydrogen-bond donors (Lipinski definition) is 0. The lowest BCUT2D eigenvalue weighted by molar-refractivity contribution is -0.120. The number of piperidine rings is 1. The quantitative estimate of drug-likeness (QED) is 0.650. The monoisotopic (exact) mass is 399 g/mol. The first-order valence-corrected chi connectivity index (χ1v) is 10.4. The van der Waals surface area contributed by atoms with Crippen LogP contribution < -0.4 is 0 Å². The molecule has 2 aromatic carbocycles. The van der Waals surface area contributed by atoms with E-state index in [2.05, 4.69) is 46.4 Å². The predicted molar refractivity (Wildman–Crippen MR) is 116 cm³/mol. The van der Waals surface area contributed by atoms with Crippen LogP contribution in [-0.4, -0.2) is 39.6 Å². The molecule has 1 fully saturated rings. The van der Waals surface area contributed by atoms with Crippen molar-refractivity contribution in [3.8, 4) is 11.1 Å². The first kappa shape index (κ1) is 20.0. The Hall–Kier alpha value is -3.34. The summed E-state index contributed by atoms with van der Waals surface area (Å²) < 4.78 is 0. The van der Waals surface area contributed by atoms with Crippen molar-refractivity contribution in [2.45, 2.75) is 32.6 Å². The van der Waals surface area contributed by atoms with Crippen LogP contribution in [0, 0.1) is 6.92 Å². The molecule has 5 nitrogen and oxygen atoms in total. The summed E-state index contributed by atoms with van der Waals surface area (Å²) in [5, 5.41) is 0. The van der Waals surface area contributed by atoms with Crippen LogP contribution in [0.3, 0.4) is 0 Å². The summed E-state index contributed by atoms with van der Waals surface area (Å²) in [7, 11) is 0. The fourth-order valence-electron chi connectivity index (χ4n) is 3.86. The van der Waals surface area contributed by atoms with Crippen molar-refractivity contribution in [2.75, 3.05) is 13.1 Å². The smallest absolute Gasteiger partial charge is 0.272 e. The van der Waals surface area contributed by atoms with Gasteiger partial charge >= 0.3 is 0 Å². The summed E-state index contributed by atoms with van der Waals surface area (Å²) in [5.74, 6) is 0.117. The number of benzene rings is 2. The molecule has 1 aliphatic rings. The standard InChI is InChI=1S/C25H25N3O2/c1-18-23(26-17-27-24(18)25(30)28-14-12-22(29)13-15-28)11-10-19-6-5-9-21(16-19)20-7-3-2-4-8-20/h2-9,16-17H,10-15H2,1H3. The third-order valence-corrected chi connectivity index (χ3v) is 5.68. The predicted octanol–water partition coefficient (Wildman–Crippen LogP) is 4.04. The molecule has 0 spiro atoms. The van der Waals surface area contributed by atoms with Crippen molar-refractivity contribution in [2.24, 2.45) is 0 Å². The Kier molecular flexibility index (Phi) is 5.98. The van der Waals surface area contributed by atoms with Gasteiger partial charge in [0.15, 0.2) is 0 Å². The first-order valence-electron chi connectivity index (χ1n) is 10.4. The van der Waals surface area contributed by atoms with Crippen molar-refractivity contribution in [1.82, 2.24) is 14.9 Å². The molecular formula is C25H25N3O2. The molecular weight excluding hydrogens is 374 g/mol. The normalized spacial score (nSPS) is 14.0. The van der Waals surface area contributed by atoms with Crippen molar-refractivity contribution >= 4 is 11.7 Å². The van der Waals surface area contributed by atoms with E-state index in [1.807, 2.05) is 25.1 Å². The minimum Gasteiger partial charge on any atom is -0.336 e. The zero-order chi connectivity index (χ0) is 20.9. The topological polar surface area (TPSA) is 63.2 Å². The summed E-state index contributed by atoms with van der Waals surface area (Å²) >= 11 is 0. The Labute approximate surface area is 176 Å². The van der Waals surface area contributed by atoms with Gasteiger partial charge in [-0.2, -0.15) is 0 Å². The molecule has 0 bridgehead atoms. The molecule has 1 saturated heterocycles. The fraction of sp³-hybridized carbons (Fsp3) is 0.280. The Morgan fingerprint density at radius 3 is 2.43 bits per heavy atom. The number of aromatic nitrogens is 2. The number of ketones is 1. The summed E-state index contributed by atoms with van der Waals surface area (Å²) in [6, 6.07) is 18.9. The van der Waals surface area contributed by atoms with Crippen LogP contribution in [0.25, 0.3) is 11.1 Å². The van der Waals surface area contributed by atoms with E-state index in [0.717, 1.165) is 24.1 Å². The molecule has 0 saturated carbocycles. The average Bonchev–Trinajstić information content (AvgIpc) is 2.79. The molecule has 0 unspecified atom stereocenters. The molecule has 0 atom stereocenters. The van der Waals surface area contributed by atoms with Crippen LogP contribution in [-0.2, 0) is 17.6 Å². The first-order chi connectivity index (χ1) is 14.6. The van der Waals surface area contributed by atoms with Crippen molar-refractivity contribution in [3.05, 3.63) is 83.4 Å². The number of Topliss-reactive ketones (excluding diaryl/α,β-unsaturated/α-hetero) is 1. The van der Waals surface area contributed by atoms with Crippen molar-refractivity contribution < 1.29 is 9.59 Å². The second kappa shape index (κ2) is 8.99. The van der Waals surface area contributed by atoms with Gasteiger partial charge in [0.2, 0.25) is 0 Å². The Morgan fingerprint density at radius 2 is 1.67 bits per heavy atom. The van der Waals surface area contributed by atoms with Crippen LogP contribution in [0.4, 0.5) is 0 Å². The minimum atomic E-state index is -0.102. The van der Waals surface area contributed by atoms with E-state index < -0.39 is 0 Å².